The molecule has 1 atom stereocenters. The maximum absolute atomic E-state index is 12.3. The summed E-state index contributed by atoms with van der Waals surface area (Å²) >= 11 is 1.47. The van der Waals surface area contributed by atoms with Crippen LogP contribution in [0.1, 0.15) is 26.2 Å². The lowest BCUT2D eigenvalue weighted by Gasteiger charge is -2.42. The average Bonchev–Trinajstić information content (AvgIpc) is 2.75. The Morgan fingerprint density at radius 1 is 1.42 bits per heavy atom. The largest absolute Gasteiger partial charge is 0.480 e. The van der Waals surface area contributed by atoms with Gasteiger partial charge in [0.05, 0.1) is 11.6 Å². The van der Waals surface area contributed by atoms with Crippen LogP contribution < -0.4 is 0 Å². The van der Waals surface area contributed by atoms with E-state index in [0.717, 1.165) is 12.8 Å². The zero-order valence-corrected chi connectivity index (χ0v) is 11.7. The monoisotopic (exact) mass is 286 g/mol. The van der Waals surface area contributed by atoms with E-state index in [0.29, 0.717) is 24.6 Å². The number of hydrogen-bond acceptors (Lipinski definition) is 4. The lowest BCUT2D eigenvalue weighted by Crippen LogP contribution is -2.59. The summed E-state index contributed by atoms with van der Waals surface area (Å²) in [5.41, 5.74) is -1.13. The van der Waals surface area contributed by atoms with Crippen molar-refractivity contribution in [2.24, 2.45) is 0 Å². The van der Waals surface area contributed by atoms with Gasteiger partial charge in [0.25, 0.3) is 0 Å². The Morgan fingerprint density at radius 3 is 2.74 bits per heavy atom. The molecule has 6 nitrogen and oxygen atoms in total. The molecule has 0 aliphatic carbocycles. The highest BCUT2D eigenvalue weighted by Crippen LogP contribution is 2.28. The number of likely N-dealkylation sites (tertiary alicyclic amines) is 1. The van der Waals surface area contributed by atoms with Gasteiger partial charge in [-0.15, -0.1) is 11.8 Å². The van der Waals surface area contributed by atoms with E-state index < -0.39 is 11.5 Å². The van der Waals surface area contributed by atoms with Crippen molar-refractivity contribution in [2.45, 2.75) is 31.7 Å². The molecule has 2 amide bonds. The van der Waals surface area contributed by atoms with Gasteiger partial charge in [-0.1, -0.05) is 0 Å². The SMILES string of the molecule is CC1(C(=O)O)CCCCN1C(=O)CN1CSCC1=O. The summed E-state index contributed by atoms with van der Waals surface area (Å²) in [5, 5.41) is 9.35. The van der Waals surface area contributed by atoms with Gasteiger partial charge >= 0.3 is 5.97 Å². The average molecular weight is 286 g/mol. The molecule has 2 aliphatic heterocycles. The van der Waals surface area contributed by atoms with Gasteiger partial charge in [-0.3, -0.25) is 9.59 Å². The second-order valence-corrected chi connectivity index (χ2v) is 6.11. The first-order chi connectivity index (χ1) is 8.95. The highest BCUT2D eigenvalue weighted by molar-refractivity contribution is 8.00. The van der Waals surface area contributed by atoms with Crippen molar-refractivity contribution in [1.29, 1.82) is 0 Å². The highest BCUT2D eigenvalue weighted by Gasteiger charge is 2.44. The van der Waals surface area contributed by atoms with E-state index in [-0.39, 0.29) is 18.4 Å². The molecule has 2 heterocycles. The summed E-state index contributed by atoms with van der Waals surface area (Å²) < 4.78 is 0. The molecular formula is C12H18N2O4S. The standard InChI is InChI=1S/C12H18N2O4S/c1-12(11(17)18)4-2-3-5-14(12)9(15)6-13-8-19-7-10(13)16/h2-8H2,1H3,(H,17,18). The lowest BCUT2D eigenvalue weighted by atomic mass is 9.88. The summed E-state index contributed by atoms with van der Waals surface area (Å²) in [4.78, 5) is 38.1. The minimum Gasteiger partial charge on any atom is -0.480 e. The molecule has 19 heavy (non-hydrogen) atoms. The molecule has 2 saturated heterocycles. The molecule has 2 rings (SSSR count). The molecule has 1 unspecified atom stereocenters. The van der Waals surface area contributed by atoms with Crippen LogP contribution in [-0.2, 0) is 14.4 Å². The second kappa shape index (κ2) is 5.40. The number of rotatable bonds is 3. The summed E-state index contributed by atoms with van der Waals surface area (Å²) in [6.45, 7) is 2.04. The highest BCUT2D eigenvalue weighted by atomic mass is 32.2. The van der Waals surface area contributed by atoms with Crippen molar-refractivity contribution in [2.75, 3.05) is 24.7 Å². The number of thioether (sulfide) groups is 1. The van der Waals surface area contributed by atoms with Crippen molar-refractivity contribution in [3.05, 3.63) is 0 Å². The first kappa shape index (κ1) is 14.2. The van der Waals surface area contributed by atoms with E-state index in [1.165, 1.54) is 21.6 Å². The molecule has 0 aromatic heterocycles. The quantitative estimate of drug-likeness (QED) is 0.811. The number of carboxylic acids is 1. The Kier molecular flexibility index (Phi) is 4.03. The second-order valence-electron chi connectivity index (χ2n) is 5.15. The van der Waals surface area contributed by atoms with Crippen LogP contribution in [0.3, 0.4) is 0 Å². The zero-order chi connectivity index (χ0) is 14.0. The van der Waals surface area contributed by atoms with Crippen LogP contribution in [0.15, 0.2) is 0 Å². The van der Waals surface area contributed by atoms with Gasteiger partial charge in [-0.25, -0.2) is 4.79 Å². The number of carbonyl (C=O) groups excluding carboxylic acids is 2. The van der Waals surface area contributed by atoms with Crippen LogP contribution in [-0.4, -0.2) is 62.9 Å². The molecule has 0 aromatic rings. The smallest absolute Gasteiger partial charge is 0.329 e. The summed E-state index contributed by atoms with van der Waals surface area (Å²) in [5.74, 6) is -0.360. The Labute approximate surface area is 116 Å². The molecule has 0 radical (unpaired) electrons. The molecular weight excluding hydrogens is 268 g/mol. The van der Waals surface area contributed by atoms with Crippen molar-refractivity contribution < 1.29 is 19.5 Å². The van der Waals surface area contributed by atoms with Gasteiger partial charge in [0.2, 0.25) is 11.8 Å². The summed E-state index contributed by atoms with van der Waals surface area (Å²) in [6, 6.07) is 0. The van der Waals surface area contributed by atoms with Crippen molar-refractivity contribution in [3.63, 3.8) is 0 Å². The van der Waals surface area contributed by atoms with Gasteiger partial charge in [-0.05, 0) is 26.2 Å². The maximum Gasteiger partial charge on any atom is 0.329 e. The van der Waals surface area contributed by atoms with Crippen LogP contribution in [0.4, 0.5) is 0 Å². The molecule has 2 fully saturated rings. The van der Waals surface area contributed by atoms with Gasteiger partial charge in [0.1, 0.15) is 12.1 Å². The van der Waals surface area contributed by atoms with E-state index in [2.05, 4.69) is 0 Å². The van der Waals surface area contributed by atoms with Gasteiger partial charge in [-0.2, -0.15) is 0 Å². The first-order valence-corrected chi connectivity index (χ1v) is 7.50. The maximum atomic E-state index is 12.3. The van der Waals surface area contributed by atoms with E-state index in [1.807, 2.05) is 0 Å². The number of nitrogens with zero attached hydrogens (tertiary/aromatic N) is 2. The Hall–Kier alpha value is -1.24. The normalized spacial score (nSPS) is 27.7. The first-order valence-electron chi connectivity index (χ1n) is 6.34. The van der Waals surface area contributed by atoms with Crippen molar-refractivity contribution >= 4 is 29.5 Å². The Bertz CT molecular complexity index is 415. The number of aliphatic carboxylic acids is 1. The predicted molar refractivity (Wildman–Crippen MR) is 70.6 cm³/mol. The fraction of sp³-hybridized carbons (Fsp3) is 0.750. The minimum absolute atomic E-state index is 0.00525. The van der Waals surface area contributed by atoms with Crippen LogP contribution in [0.25, 0.3) is 0 Å². The molecule has 0 bridgehead atoms. The lowest BCUT2D eigenvalue weighted by molar-refractivity contribution is -0.161. The van der Waals surface area contributed by atoms with E-state index in [4.69, 9.17) is 0 Å². The molecule has 0 aromatic carbocycles. The third-order valence-corrected chi connectivity index (χ3v) is 4.75. The van der Waals surface area contributed by atoms with Crippen LogP contribution in [0, 0.1) is 0 Å². The van der Waals surface area contributed by atoms with Crippen molar-refractivity contribution in [3.8, 4) is 0 Å². The van der Waals surface area contributed by atoms with Crippen LogP contribution in [0.2, 0.25) is 0 Å². The van der Waals surface area contributed by atoms with Gasteiger partial charge in [0, 0.05) is 6.54 Å². The number of hydrogen-bond donors (Lipinski definition) is 1. The molecule has 7 heteroatoms. The fourth-order valence-electron chi connectivity index (χ4n) is 2.53. The molecule has 0 saturated carbocycles. The number of carboxylic acid groups (broad SMARTS) is 1. The number of carbonyl (C=O) groups is 3. The van der Waals surface area contributed by atoms with Crippen LogP contribution in [0.5, 0.6) is 0 Å². The molecule has 0 spiro atoms. The van der Waals surface area contributed by atoms with E-state index in [9.17, 15) is 19.5 Å². The molecule has 1 N–H and O–H groups in total. The number of amides is 2. The Morgan fingerprint density at radius 2 is 2.16 bits per heavy atom. The predicted octanol–water partition coefficient (Wildman–Crippen LogP) is 0.375. The van der Waals surface area contributed by atoms with Crippen molar-refractivity contribution in [1.82, 2.24) is 9.80 Å². The zero-order valence-electron chi connectivity index (χ0n) is 10.9. The van der Waals surface area contributed by atoms with E-state index in [1.54, 1.807) is 6.92 Å². The minimum atomic E-state index is -1.13. The van der Waals surface area contributed by atoms with Gasteiger partial charge < -0.3 is 14.9 Å². The molecule has 106 valence electrons. The van der Waals surface area contributed by atoms with Gasteiger partial charge in [0.15, 0.2) is 0 Å². The summed E-state index contributed by atoms with van der Waals surface area (Å²) in [6.07, 6.45) is 2.10. The molecule has 2 aliphatic rings. The summed E-state index contributed by atoms with van der Waals surface area (Å²) in [7, 11) is 0. The third-order valence-electron chi connectivity index (χ3n) is 3.80. The number of piperidine rings is 1. The van der Waals surface area contributed by atoms with Crippen LogP contribution >= 0.6 is 11.8 Å². The van der Waals surface area contributed by atoms with E-state index >= 15 is 0 Å². The Balaban J connectivity index is 2.07. The third kappa shape index (κ3) is 2.70. The fourth-order valence-corrected chi connectivity index (χ4v) is 3.44. The topological polar surface area (TPSA) is 77.9 Å².